The van der Waals surface area contributed by atoms with E-state index in [2.05, 4.69) is 17.6 Å². The summed E-state index contributed by atoms with van der Waals surface area (Å²) in [6.07, 6.45) is 0.928. The molecule has 20 heavy (non-hydrogen) atoms. The van der Waals surface area contributed by atoms with Crippen LogP contribution in [0.25, 0.3) is 0 Å². The smallest absolute Gasteiger partial charge is 0.161 e. The van der Waals surface area contributed by atoms with Crippen molar-refractivity contribution in [3.63, 3.8) is 0 Å². The van der Waals surface area contributed by atoms with Crippen LogP contribution in [0.2, 0.25) is 0 Å². The molecule has 2 aliphatic rings. The van der Waals surface area contributed by atoms with Gasteiger partial charge in [0.1, 0.15) is 0 Å². The monoisotopic (exact) mass is 312 g/mol. The lowest BCUT2D eigenvalue weighted by Gasteiger charge is -2.29. The zero-order valence-electron chi connectivity index (χ0n) is 11.3. The van der Waals surface area contributed by atoms with Gasteiger partial charge in [0.2, 0.25) is 0 Å². The topological polar surface area (TPSA) is 56.5 Å². The lowest BCUT2D eigenvalue weighted by Crippen LogP contribution is -2.37. The lowest BCUT2D eigenvalue weighted by atomic mass is 10.0. The second-order valence-electron chi connectivity index (χ2n) is 4.89. The summed E-state index contributed by atoms with van der Waals surface area (Å²) in [7, 11) is 0. The number of nitrogens with one attached hydrogen (secondary N) is 1. The molecule has 110 valence electrons. The molecule has 0 aromatic heterocycles. The SMILES string of the molecule is NNC(c1ccc2c(c1)OCCCO2)C1CSCCS1. The highest BCUT2D eigenvalue weighted by Gasteiger charge is 2.26. The number of thioether (sulfide) groups is 2. The summed E-state index contributed by atoms with van der Waals surface area (Å²) in [5.74, 6) is 11.0. The summed E-state index contributed by atoms with van der Waals surface area (Å²) in [6.45, 7) is 1.44. The van der Waals surface area contributed by atoms with E-state index in [1.165, 1.54) is 17.1 Å². The second kappa shape index (κ2) is 6.93. The molecule has 2 aliphatic heterocycles. The first-order valence-corrected chi connectivity index (χ1v) is 9.14. The minimum atomic E-state index is 0.157. The van der Waals surface area contributed by atoms with E-state index in [0.717, 1.165) is 30.3 Å². The van der Waals surface area contributed by atoms with Gasteiger partial charge in [-0.05, 0) is 17.7 Å². The summed E-state index contributed by atoms with van der Waals surface area (Å²) in [4.78, 5) is 0. The van der Waals surface area contributed by atoms with Gasteiger partial charge in [-0.1, -0.05) is 6.07 Å². The third-order valence-electron chi connectivity index (χ3n) is 3.52. The molecule has 2 heterocycles. The highest BCUT2D eigenvalue weighted by Crippen LogP contribution is 2.37. The molecule has 6 heteroatoms. The molecule has 1 aromatic carbocycles. The highest BCUT2D eigenvalue weighted by atomic mass is 32.2. The van der Waals surface area contributed by atoms with Gasteiger partial charge in [0.25, 0.3) is 0 Å². The van der Waals surface area contributed by atoms with Crippen molar-refractivity contribution in [3.05, 3.63) is 23.8 Å². The first-order valence-electron chi connectivity index (χ1n) is 6.93. The maximum Gasteiger partial charge on any atom is 0.161 e. The number of ether oxygens (including phenoxy) is 2. The fourth-order valence-electron chi connectivity index (χ4n) is 2.49. The van der Waals surface area contributed by atoms with Crippen LogP contribution >= 0.6 is 23.5 Å². The van der Waals surface area contributed by atoms with Crippen molar-refractivity contribution in [2.24, 2.45) is 5.84 Å². The van der Waals surface area contributed by atoms with Crippen LogP contribution in [0.5, 0.6) is 11.5 Å². The maximum atomic E-state index is 5.80. The number of hydrazine groups is 1. The predicted molar refractivity (Wildman–Crippen MR) is 85.7 cm³/mol. The number of hydrogen-bond donors (Lipinski definition) is 2. The van der Waals surface area contributed by atoms with Crippen LogP contribution in [0.15, 0.2) is 18.2 Å². The van der Waals surface area contributed by atoms with Gasteiger partial charge in [-0.3, -0.25) is 11.3 Å². The molecule has 2 atom stereocenters. The van der Waals surface area contributed by atoms with E-state index in [0.29, 0.717) is 11.9 Å². The Morgan fingerprint density at radius 3 is 2.80 bits per heavy atom. The molecule has 1 saturated heterocycles. The van der Waals surface area contributed by atoms with Crippen LogP contribution in [0.3, 0.4) is 0 Å². The van der Waals surface area contributed by atoms with Crippen LogP contribution in [0, 0.1) is 0 Å². The third kappa shape index (κ3) is 3.19. The average molecular weight is 312 g/mol. The summed E-state index contributed by atoms with van der Waals surface area (Å²) in [6, 6.07) is 6.33. The number of benzene rings is 1. The Balaban J connectivity index is 1.82. The summed E-state index contributed by atoms with van der Waals surface area (Å²) in [5.41, 5.74) is 4.16. The van der Waals surface area contributed by atoms with Crippen molar-refractivity contribution in [1.82, 2.24) is 5.43 Å². The fraction of sp³-hybridized carbons (Fsp3) is 0.571. The van der Waals surface area contributed by atoms with Crippen LogP contribution in [-0.4, -0.2) is 35.7 Å². The molecule has 0 aliphatic carbocycles. The molecule has 0 radical (unpaired) electrons. The third-order valence-corrected chi connectivity index (χ3v) is 6.39. The molecule has 0 saturated carbocycles. The molecule has 1 fully saturated rings. The Bertz CT molecular complexity index is 453. The van der Waals surface area contributed by atoms with Crippen molar-refractivity contribution in [1.29, 1.82) is 0 Å². The summed E-state index contributed by atoms with van der Waals surface area (Å²) >= 11 is 4.00. The van der Waals surface area contributed by atoms with E-state index in [1.54, 1.807) is 0 Å². The predicted octanol–water partition coefficient (Wildman–Crippen LogP) is 2.20. The largest absolute Gasteiger partial charge is 0.490 e. The number of fused-ring (bicyclic) bond motifs is 1. The van der Waals surface area contributed by atoms with Crippen molar-refractivity contribution >= 4 is 23.5 Å². The summed E-state index contributed by atoms with van der Waals surface area (Å²) < 4.78 is 11.4. The van der Waals surface area contributed by atoms with Gasteiger partial charge in [0.05, 0.1) is 19.3 Å². The highest BCUT2D eigenvalue weighted by molar-refractivity contribution is 8.06. The second-order valence-corrected chi connectivity index (χ2v) is 7.38. The molecule has 2 unspecified atom stereocenters. The van der Waals surface area contributed by atoms with Crippen molar-refractivity contribution < 1.29 is 9.47 Å². The summed E-state index contributed by atoms with van der Waals surface area (Å²) in [5, 5.41) is 0.503. The molecule has 3 N–H and O–H groups in total. The molecule has 4 nitrogen and oxygen atoms in total. The Kier molecular flexibility index (Phi) is 4.99. The van der Waals surface area contributed by atoms with E-state index in [4.69, 9.17) is 15.3 Å². The van der Waals surface area contributed by atoms with Crippen LogP contribution < -0.4 is 20.7 Å². The lowest BCUT2D eigenvalue weighted by molar-refractivity contribution is 0.297. The van der Waals surface area contributed by atoms with Gasteiger partial charge < -0.3 is 9.47 Å². The fourth-order valence-corrected chi connectivity index (χ4v) is 5.34. The maximum absolute atomic E-state index is 5.80. The van der Waals surface area contributed by atoms with Gasteiger partial charge in [-0.2, -0.15) is 23.5 Å². The van der Waals surface area contributed by atoms with Gasteiger partial charge in [0.15, 0.2) is 11.5 Å². The number of nitrogens with two attached hydrogens (primary N) is 1. The average Bonchev–Trinajstić information content (AvgIpc) is 2.74. The van der Waals surface area contributed by atoms with Gasteiger partial charge in [0, 0.05) is 28.9 Å². The molecule has 0 bridgehead atoms. The molecule has 3 rings (SSSR count). The van der Waals surface area contributed by atoms with E-state index >= 15 is 0 Å². The molecule has 1 aromatic rings. The van der Waals surface area contributed by atoms with Crippen molar-refractivity contribution in [2.75, 3.05) is 30.5 Å². The van der Waals surface area contributed by atoms with Crippen LogP contribution in [0.4, 0.5) is 0 Å². The normalized spacial score (nSPS) is 23.9. The Morgan fingerprint density at radius 1 is 1.20 bits per heavy atom. The van der Waals surface area contributed by atoms with E-state index < -0.39 is 0 Å². The first-order chi connectivity index (χ1) is 9.88. The molecule has 0 spiro atoms. The Labute approximate surface area is 128 Å². The molecular weight excluding hydrogens is 292 g/mol. The van der Waals surface area contributed by atoms with Gasteiger partial charge in [-0.25, -0.2) is 0 Å². The van der Waals surface area contributed by atoms with Crippen LogP contribution in [0.1, 0.15) is 18.0 Å². The zero-order chi connectivity index (χ0) is 13.8. The Hall–Kier alpha value is -0.560. The number of hydrogen-bond acceptors (Lipinski definition) is 6. The van der Waals surface area contributed by atoms with Crippen molar-refractivity contribution in [3.8, 4) is 11.5 Å². The van der Waals surface area contributed by atoms with Gasteiger partial charge >= 0.3 is 0 Å². The minimum Gasteiger partial charge on any atom is -0.490 e. The molecule has 0 amide bonds. The Morgan fingerprint density at radius 2 is 2.05 bits per heavy atom. The quantitative estimate of drug-likeness (QED) is 0.659. The van der Waals surface area contributed by atoms with E-state index in [-0.39, 0.29) is 6.04 Å². The van der Waals surface area contributed by atoms with Crippen molar-refractivity contribution in [2.45, 2.75) is 17.7 Å². The van der Waals surface area contributed by atoms with Gasteiger partial charge in [-0.15, -0.1) is 0 Å². The molecular formula is C14H20N2O2S2. The standard InChI is InChI=1S/C14H20N2O2S2/c15-16-14(13-9-19-6-7-20-13)10-2-3-11-12(8-10)18-5-1-4-17-11/h2-3,8,13-14,16H,1,4-7,9,15H2. The zero-order valence-corrected chi connectivity index (χ0v) is 13.0. The van der Waals surface area contributed by atoms with E-state index in [1.807, 2.05) is 29.6 Å². The van der Waals surface area contributed by atoms with Crippen LogP contribution in [-0.2, 0) is 0 Å². The first kappa shape index (κ1) is 14.4. The van der Waals surface area contributed by atoms with E-state index in [9.17, 15) is 0 Å². The number of rotatable bonds is 3. The minimum absolute atomic E-state index is 0.157.